The summed E-state index contributed by atoms with van der Waals surface area (Å²) < 4.78 is 0. The van der Waals surface area contributed by atoms with Crippen molar-refractivity contribution in [1.82, 2.24) is 40.8 Å². The average Bonchev–Trinajstić information content (AvgIpc) is 3.05. The van der Waals surface area contributed by atoms with Gasteiger partial charge in [-0.15, -0.1) is 10.2 Å². The van der Waals surface area contributed by atoms with Gasteiger partial charge in [0.1, 0.15) is 0 Å². The molecule has 266 valence electrons. The Bertz CT molecular complexity index is 1790. The minimum atomic E-state index is -0.784. The Hall–Kier alpha value is -6.16. The van der Waals surface area contributed by atoms with Crippen molar-refractivity contribution in [3.8, 4) is 0 Å². The number of nitrogens with one attached hydrogen (secondary N) is 4. The molecule has 50 heavy (non-hydrogen) atoms. The minimum absolute atomic E-state index is 0.0622. The molecule has 3 aromatic rings. The largest absolute Gasteiger partial charge is 0.382 e. The van der Waals surface area contributed by atoms with Crippen LogP contribution in [0.2, 0.25) is 10.3 Å². The Kier molecular flexibility index (Phi) is 14.1. The van der Waals surface area contributed by atoms with Crippen LogP contribution in [0.25, 0.3) is 0 Å². The van der Waals surface area contributed by atoms with E-state index >= 15 is 0 Å². The van der Waals surface area contributed by atoms with Gasteiger partial charge in [-0.25, -0.2) is 19.9 Å². The van der Waals surface area contributed by atoms with Crippen LogP contribution < -0.4 is 55.7 Å². The van der Waals surface area contributed by atoms with Gasteiger partial charge in [-0.1, -0.05) is 29.6 Å². The summed E-state index contributed by atoms with van der Waals surface area (Å²) in [4.78, 5) is 72.0. The number of amides is 4. The first-order chi connectivity index (χ1) is 23.7. The molecule has 24 heteroatoms. The number of carbonyl (C=O) groups excluding carboxylic acids is 4. The summed E-state index contributed by atoms with van der Waals surface area (Å²) >= 11 is 11.5. The van der Waals surface area contributed by atoms with Crippen molar-refractivity contribution >= 4 is 93.7 Å². The Morgan fingerprint density at radius 2 is 1.02 bits per heavy atom. The monoisotopic (exact) mass is 732 g/mol. The number of rotatable bonds is 14. The lowest BCUT2D eigenvalue weighted by Crippen LogP contribution is -2.38. The smallest absolute Gasteiger partial charge is 0.280 e. The SMILES string of the molecule is NC(=NCCCCCC(=O)Nc1ccc(NC(=O)CCCN=C(N)NC(=O)c2nc(Cl)c(N)nc2N)nn1)NC(=O)c1nc(Cl)c(N)nc1N. The van der Waals surface area contributed by atoms with E-state index in [-0.39, 0.29) is 99.7 Å². The van der Waals surface area contributed by atoms with Crippen LogP contribution >= 0.6 is 23.2 Å². The number of guanidine groups is 2. The second-order valence-electron chi connectivity index (χ2n) is 10.0. The minimum Gasteiger partial charge on any atom is -0.382 e. The average molecular weight is 734 g/mol. The maximum atomic E-state index is 12.3. The highest BCUT2D eigenvalue weighted by atomic mass is 35.5. The molecule has 0 spiro atoms. The van der Waals surface area contributed by atoms with Gasteiger partial charge in [-0.3, -0.25) is 39.8 Å². The second-order valence-corrected chi connectivity index (χ2v) is 10.7. The van der Waals surface area contributed by atoms with Crippen LogP contribution in [0.4, 0.5) is 34.9 Å². The van der Waals surface area contributed by atoms with Crippen molar-refractivity contribution in [2.75, 3.05) is 46.7 Å². The highest BCUT2D eigenvalue weighted by Gasteiger charge is 2.18. The standard InChI is InChI=1S/C26H34Cl2N18O4/c27-17-21(31)41-19(29)15(39-17)23(49)43-25(33)35-9-3-1-2-5-13(47)37-11-7-8-12(46-45-11)38-14(48)6-4-10-36-26(34)44-24(50)16-20(30)42-22(32)18(28)40-16/h7-8H,1-6,9-10H2,(H4,29,31,41)(H4,30,32,42)(H,37,45,47)(H,38,46,48)(H3,33,35,43,49)(H3,34,36,44,50). The third-order valence-corrected chi connectivity index (χ3v) is 6.67. The number of nitrogens with zero attached hydrogens (tertiary/aromatic N) is 8. The molecule has 0 saturated heterocycles. The molecule has 22 nitrogen and oxygen atoms in total. The Morgan fingerprint density at radius 3 is 1.46 bits per heavy atom. The first-order valence-electron chi connectivity index (χ1n) is 14.6. The van der Waals surface area contributed by atoms with Gasteiger partial charge >= 0.3 is 0 Å². The number of aliphatic imine (C=N–C) groups is 2. The van der Waals surface area contributed by atoms with E-state index in [2.05, 4.69) is 61.4 Å². The van der Waals surface area contributed by atoms with Crippen LogP contribution in [0.1, 0.15) is 59.5 Å². The number of carbonyl (C=O) groups is 4. The summed E-state index contributed by atoms with van der Waals surface area (Å²) in [6.45, 7) is 0.412. The molecule has 0 aromatic carbocycles. The van der Waals surface area contributed by atoms with Crippen LogP contribution in [-0.4, -0.2) is 78.8 Å². The third-order valence-electron chi connectivity index (χ3n) is 6.11. The molecule has 0 unspecified atom stereocenters. The van der Waals surface area contributed by atoms with Crippen molar-refractivity contribution < 1.29 is 19.2 Å². The molecule has 3 rings (SSSR count). The third kappa shape index (κ3) is 12.1. The number of nitrogens with two attached hydrogens (primary N) is 6. The van der Waals surface area contributed by atoms with Crippen molar-refractivity contribution in [3.63, 3.8) is 0 Å². The predicted molar refractivity (Wildman–Crippen MR) is 187 cm³/mol. The first-order valence-corrected chi connectivity index (χ1v) is 15.3. The van der Waals surface area contributed by atoms with E-state index < -0.39 is 11.8 Å². The summed E-state index contributed by atoms with van der Waals surface area (Å²) in [6.07, 6.45) is 2.36. The number of halogens is 2. The molecule has 3 aromatic heterocycles. The van der Waals surface area contributed by atoms with Gasteiger partial charge in [-0.05, 0) is 31.4 Å². The van der Waals surface area contributed by atoms with Crippen LogP contribution in [-0.2, 0) is 9.59 Å². The quantitative estimate of drug-likeness (QED) is 0.0561. The van der Waals surface area contributed by atoms with E-state index in [1.807, 2.05) is 0 Å². The van der Waals surface area contributed by atoms with Gasteiger partial charge in [0.2, 0.25) is 11.8 Å². The fraction of sp³-hybridized carbons (Fsp3) is 0.308. The van der Waals surface area contributed by atoms with Gasteiger partial charge < -0.3 is 45.0 Å². The zero-order chi connectivity index (χ0) is 36.8. The predicted octanol–water partition coefficient (Wildman–Crippen LogP) is -0.601. The number of aromatic nitrogens is 6. The number of unbranched alkanes of at least 4 members (excludes halogenated alkanes) is 2. The lowest BCUT2D eigenvalue weighted by Gasteiger charge is -2.07. The van der Waals surface area contributed by atoms with E-state index in [4.69, 9.17) is 57.6 Å². The van der Waals surface area contributed by atoms with Gasteiger partial charge in [-0.2, -0.15) is 0 Å². The Morgan fingerprint density at radius 1 is 0.600 bits per heavy atom. The van der Waals surface area contributed by atoms with E-state index in [9.17, 15) is 19.2 Å². The number of anilines is 6. The van der Waals surface area contributed by atoms with Crippen molar-refractivity contribution in [2.24, 2.45) is 21.5 Å². The highest BCUT2D eigenvalue weighted by Crippen LogP contribution is 2.18. The normalized spacial score (nSPS) is 11.5. The molecule has 3 heterocycles. The Labute approximate surface area is 293 Å². The molecule has 0 atom stereocenters. The molecule has 0 aliphatic rings. The molecule has 0 saturated carbocycles. The lowest BCUT2D eigenvalue weighted by atomic mass is 10.2. The van der Waals surface area contributed by atoms with Crippen molar-refractivity contribution in [1.29, 1.82) is 0 Å². The number of hydrogen-bond donors (Lipinski definition) is 10. The zero-order valence-electron chi connectivity index (χ0n) is 26.2. The molecular formula is C26H34Cl2N18O4. The molecule has 4 amide bonds. The van der Waals surface area contributed by atoms with Crippen LogP contribution in [0.3, 0.4) is 0 Å². The first kappa shape index (κ1) is 38.3. The molecule has 0 aliphatic carbocycles. The van der Waals surface area contributed by atoms with E-state index in [0.29, 0.717) is 32.2 Å². The summed E-state index contributed by atoms with van der Waals surface area (Å²) in [5.74, 6) is -2.85. The molecule has 16 N–H and O–H groups in total. The fourth-order valence-electron chi connectivity index (χ4n) is 3.74. The van der Waals surface area contributed by atoms with Crippen molar-refractivity contribution in [3.05, 3.63) is 33.8 Å². The summed E-state index contributed by atoms with van der Waals surface area (Å²) in [5.41, 5.74) is 33.2. The number of nitrogen functional groups attached to an aromatic ring is 4. The van der Waals surface area contributed by atoms with Crippen LogP contribution in [0.15, 0.2) is 22.1 Å². The number of hydrogen-bond acceptors (Lipinski definition) is 16. The molecular weight excluding hydrogens is 699 g/mol. The maximum Gasteiger partial charge on any atom is 0.280 e. The lowest BCUT2D eigenvalue weighted by molar-refractivity contribution is -0.117. The zero-order valence-corrected chi connectivity index (χ0v) is 27.8. The highest BCUT2D eigenvalue weighted by molar-refractivity contribution is 6.32. The van der Waals surface area contributed by atoms with Crippen LogP contribution in [0, 0.1) is 0 Å². The molecule has 0 bridgehead atoms. The molecule has 0 radical (unpaired) electrons. The molecule has 0 fully saturated rings. The van der Waals surface area contributed by atoms with E-state index in [1.165, 1.54) is 12.1 Å². The molecule has 0 aliphatic heterocycles. The van der Waals surface area contributed by atoms with Crippen LogP contribution in [0.5, 0.6) is 0 Å². The Balaban J connectivity index is 1.29. The fourth-order valence-corrected chi connectivity index (χ4v) is 3.99. The van der Waals surface area contributed by atoms with E-state index in [1.54, 1.807) is 0 Å². The maximum absolute atomic E-state index is 12.3. The second kappa shape index (κ2) is 18.4. The topological polar surface area (TPSA) is 375 Å². The van der Waals surface area contributed by atoms with Gasteiger partial charge in [0.15, 0.2) is 68.5 Å². The summed E-state index contributed by atoms with van der Waals surface area (Å²) in [7, 11) is 0. The van der Waals surface area contributed by atoms with Gasteiger partial charge in [0.05, 0.1) is 0 Å². The van der Waals surface area contributed by atoms with E-state index in [0.717, 1.165) is 0 Å². The summed E-state index contributed by atoms with van der Waals surface area (Å²) in [5, 5.41) is 17.2. The summed E-state index contributed by atoms with van der Waals surface area (Å²) in [6, 6.07) is 2.97. The van der Waals surface area contributed by atoms with Gasteiger partial charge in [0, 0.05) is 25.9 Å². The van der Waals surface area contributed by atoms with Gasteiger partial charge in [0.25, 0.3) is 11.8 Å². The van der Waals surface area contributed by atoms with Crippen molar-refractivity contribution in [2.45, 2.75) is 38.5 Å².